The molecule has 20 heavy (non-hydrogen) atoms. The van der Waals surface area contributed by atoms with Crippen LogP contribution in [0.5, 0.6) is 11.5 Å². The van der Waals surface area contributed by atoms with Crippen molar-refractivity contribution in [3.05, 3.63) is 42.0 Å². The standard InChI is InChI=1S/C15H17N3O2/c1-11-16-6-5-13(18-11)10-17-12-3-4-14-15(9-12)20-8-2-7-19-14/h3-6,9,17H,2,7-8,10H2,1H3. The second kappa shape index (κ2) is 5.77. The summed E-state index contributed by atoms with van der Waals surface area (Å²) in [6.45, 7) is 3.95. The van der Waals surface area contributed by atoms with Crippen LogP contribution in [-0.4, -0.2) is 23.2 Å². The summed E-state index contributed by atoms with van der Waals surface area (Å²) in [7, 11) is 0. The Kier molecular flexibility index (Phi) is 3.67. The third kappa shape index (κ3) is 2.99. The van der Waals surface area contributed by atoms with E-state index in [1.165, 1.54) is 0 Å². The van der Waals surface area contributed by atoms with Crippen LogP contribution in [0.25, 0.3) is 0 Å². The summed E-state index contributed by atoms with van der Waals surface area (Å²) in [5.74, 6) is 2.39. The van der Waals surface area contributed by atoms with Crippen molar-refractivity contribution in [2.75, 3.05) is 18.5 Å². The molecule has 2 aromatic rings. The Bertz CT molecular complexity index is 601. The van der Waals surface area contributed by atoms with Gasteiger partial charge in [-0.05, 0) is 25.1 Å². The monoisotopic (exact) mass is 271 g/mol. The molecule has 1 aliphatic rings. The van der Waals surface area contributed by atoms with Crippen LogP contribution in [0.4, 0.5) is 5.69 Å². The molecule has 0 radical (unpaired) electrons. The van der Waals surface area contributed by atoms with Gasteiger partial charge in [0.15, 0.2) is 11.5 Å². The highest BCUT2D eigenvalue weighted by atomic mass is 16.5. The first kappa shape index (κ1) is 12.7. The van der Waals surface area contributed by atoms with E-state index < -0.39 is 0 Å². The van der Waals surface area contributed by atoms with Gasteiger partial charge in [0.2, 0.25) is 0 Å². The molecule has 0 amide bonds. The molecule has 0 spiro atoms. The molecule has 0 fully saturated rings. The first-order valence-electron chi connectivity index (χ1n) is 6.73. The van der Waals surface area contributed by atoms with Gasteiger partial charge in [0.1, 0.15) is 5.82 Å². The zero-order valence-electron chi connectivity index (χ0n) is 11.4. The summed E-state index contributed by atoms with van der Waals surface area (Å²) in [6.07, 6.45) is 2.69. The van der Waals surface area contributed by atoms with E-state index in [-0.39, 0.29) is 0 Å². The zero-order valence-corrected chi connectivity index (χ0v) is 11.4. The Balaban J connectivity index is 1.70. The first-order valence-corrected chi connectivity index (χ1v) is 6.73. The summed E-state index contributed by atoms with van der Waals surface area (Å²) in [6, 6.07) is 7.80. The number of hydrogen-bond acceptors (Lipinski definition) is 5. The third-order valence-electron chi connectivity index (χ3n) is 3.05. The van der Waals surface area contributed by atoms with E-state index in [0.29, 0.717) is 19.8 Å². The molecule has 0 bridgehead atoms. The van der Waals surface area contributed by atoms with E-state index in [1.807, 2.05) is 31.2 Å². The summed E-state index contributed by atoms with van der Waals surface area (Å²) in [5, 5.41) is 3.33. The van der Waals surface area contributed by atoms with Crippen molar-refractivity contribution in [2.45, 2.75) is 19.9 Å². The van der Waals surface area contributed by atoms with Gasteiger partial charge in [0, 0.05) is 24.4 Å². The smallest absolute Gasteiger partial charge is 0.163 e. The SMILES string of the molecule is Cc1nccc(CNc2ccc3c(c2)OCCCO3)n1. The number of anilines is 1. The van der Waals surface area contributed by atoms with Crippen molar-refractivity contribution in [2.24, 2.45) is 0 Å². The molecular formula is C15H17N3O2. The second-order valence-electron chi connectivity index (χ2n) is 4.66. The molecule has 0 saturated heterocycles. The van der Waals surface area contributed by atoms with Gasteiger partial charge in [-0.1, -0.05) is 0 Å². The average molecular weight is 271 g/mol. The molecule has 3 rings (SSSR count). The van der Waals surface area contributed by atoms with Gasteiger partial charge >= 0.3 is 0 Å². The molecule has 0 unspecified atom stereocenters. The Morgan fingerprint density at radius 1 is 1.15 bits per heavy atom. The van der Waals surface area contributed by atoms with Gasteiger partial charge in [-0.2, -0.15) is 0 Å². The number of rotatable bonds is 3. The number of fused-ring (bicyclic) bond motifs is 1. The Morgan fingerprint density at radius 3 is 2.85 bits per heavy atom. The van der Waals surface area contributed by atoms with Crippen molar-refractivity contribution in [1.82, 2.24) is 9.97 Å². The van der Waals surface area contributed by atoms with Gasteiger partial charge in [0.25, 0.3) is 0 Å². The highest BCUT2D eigenvalue weighted by molar-refractivity contribution is 5.55. The van der Waals surface area contributed by atoms with Gasteiger partial charge in [-0.3, -0.25) is 0 Å². The fourth-order valence-electron chi connectivity index (χ4n) is 2.07. The number of aryl methyl sites for hydroxylation is 1. The fourth-order valence-corrected chi connectivity index (χ4v) is 2.07. The Labute approximate surface area is 118 Å². The maximum absolute atomic E-state index is 5.67. The number of ether oxygens (including phenoxy) is 2. The van der Waals surface area contributed by atoms with Crippen molar-refractivity contribution in [3.8, 4) is 11.5 Å². The molecule has 1 aromatic heterocycles. The number of hydrogen-bond donors (Lipinski definition) is 1. The van der Waals surface area contributed by atoms with E-state index in [4.69, 9.17) is 9.47 Å². The quantitative estimate of drug-likeness (QED) is 0.929. The molecule has 0 aliphatic carbocycles. The minimum Gasteiger partial charge on any atom is -0.490 e. The summed E-state index contributed by atoms with van der Waals surface area (Å²) in [5.41, 5.74) is 1.95. The molecule has 5 heteroatoms. The van der Waals surface area contributed by atoms with Gasteiger partial charge in [-0.25, -0.2) is 9.97 Å². The zero-order chi connectivity index (χ0) is 13.8. The lowest BCUT2D eigenvalue weighted by Gasteiger charge is -2.11. The predicted octanol–water partition coefficient (Wildman–Crippen LogP) is 2.56. The average Bonchev–Trinajstić information content (AvgIpc) is 2.70. The fraction of sp³-hybridized carbons (Fsp3) is 0.333. The molecule has 0 atom stereocenters. The number of benzene rings is 1. The van der Waals surface area contributed by atoms with E-state index in [9.17, 15) is 0 Å². The maximum Gasteiger partial charge on any atom is 0.163 e. The molecule has 2 heterocycles. The van der Waals surface area contributed by atoms with Gasteiger partial charge in [0.05, 0.1) is 25.5 Å². The Morgan fingerprint density at radius 2 is 2.00 bits per heavy atom. The van der Waals surface area contributed by atoms with Crippen LogP contribution in [0.1, 0.15) is 17.9 Å². The van der Waals surface area contributed by atoms with Gasteiger partial charge < -0.3 is 14.8 Å². The summed E-state index contributed by atoms with van der Waals surface area (Å²) < 4.78 is 11.3. The van der Waals surface area contributed by atoms with Crippen LogP contribution in [0.3, 0.4) is 0 Å². The van der Waals surface area contributed by atoms with Crippen molar-refractivity contribution >= 4 is 5.69 Å². The van der Waals surface area contributed by atoms with Crippen LogP contribution >= 0.6 is 0 Å². The van der Waals surface area contributed by atoms with Crippen molar-refractivity contribution in [3.63, 3.8) is 0 Å². The van der Waals surface area contributed by atoms with Crippen LogP contribution in [0, 0.1) is 6.92 Å². The van der Waals surface area contributed by atoms with E-state index >= 15 is 0 Å². The molecule has 104 valence electrons. The second-order valence-corrected chi connectivity index (χ2v) is 4.66. The van der Waals surface area contributed by atoms with E-state index in [0.717, 1.165) is 35.1 Å². The van der Waals surface area contributed by atoms with Crippen molar-refractivity contribution < 1.29 is 9.47 Å². The molecule has 0 saturated carbocycles. The lowest BCUT2D eigenvalue weighted by molar-refractivity contribution is 0.297. The minimum atomic E-state index is 0.656. The van der Waals surface area contributed by atoms with Crippen LogP contribution in [-0.2, 0) is 6.54 Å². The number of nitrogens with one attached hydrogen (secondary N) is 1. The Hall–Kier alpha value is -2.30. The number of aromatic nitrogens is 2. The highest BCUT2D eigenvalue weighted by Gasteiger charge is 2.10. The normalized spacial score (nSPS) is 13.7. The molecular weight excluding hydrogens is 254 g/mol. The molecule has 5 nitrogen and oxygen atoms in total. The number of nitrogens with zero attached hydrogens (tertiary/aromatic N) is 2. The van der Waals surface area contributed by atoms with Crippen molar-refractivity contribution in [1.29, 1.82) is 0 Å². The molecule has 1 N–H and O–H groups in total. The molecule has 1 aromatic carbocycles. The summed E-state index contributed by atoms with van der Waals surface area (Å²) in [4.78, 5) is 8.45. The maximum atomic E-state index is 5.67. The van der Waals surface area contributed by atoms with Crippen LogP contribution in [0.2, 0.25) is 0 Å². The predicted molar refractivity (Wildman–Crippen MR) is 76.1 cm³/mol. The van der Waals surface area contributed by atoms with E-state index in [2.05, 4.69) is 15.3 Å². The van der Waals surface area contributed by atoms with Gasteiger partial charge in [-0.15, -0.1) is 0 Å². The molecule has 1 aliphatic heterocycles. The van der Waals surface area contributed by atoms with Crippen LogP contribution in [0.15, 0.2) is 30.5 Å². The summed E-state index contributed by atoms with van der Waals surface area (Å²) >= 11 is 0. The third-order valence-corrected chi connectivity index (χ3v) is 3.05. The van der Waals surface area contributed by atoms with E-state index in [1.54, 1.807) is 6.20 Å². The lowest BCUT2D eigenvalue weighted by atomic mass is 10.2. The largest absolute Gasteiger partial charge is 0.490 e. The first-order chi connectivity index (χ1) is 9.81. The van der Waals surface area contributed by atoms with Crippen LogP contribution < -0.4 is 14.8 Å². The highest BCUT2D eigenvalue weighted by Crippen LogP contribution is 2.32. The lowest BCUT2D eigenvalue weighted by Crippen LogP contribution is -2.03. The minimum absolute atomic E-state index is 0.656. The topological polar surface area (TPSA) is 56.3 Å².